The van der Waals surface area contributed by atoms with E-state index >= 15 is 0 Å². The lowest BCUT2D eigenvalue weighted by molar-refractivity contribution is -0.312. The Morgan fingerprint density at radius 2 is 2.12 bits per heavy atom. The summed E-state index contributed by atoms with van der Waals surface area (Å²) >= 11 is 5.89. The van der Waals surface area contributed by atoms with E-state index in [9.17, 15) is 23.1 Å². The number of aliphatic hydroxyl groups is 1. The molecule has 1 saturated carbocycles. The number of aryl methyl sites for hydroxylation is 1. The van der Waals surface area contributed by atoms with Crippen LogP contribution in [0.1, 0.15) is 41.6 Å². The molecule has 0 saturated heterocycles. The first-order valence-corrected chi connectivity index (χ1v) is 8.01. The van der Waals surface area contributed by atoms with Crippen molar-refractivity contribution >= 4 is 23.2 Å². The van der Waals surface area contributed by atoms with Crippen molar-refractivity contribution in [2.45, 2.75) is 44.5 Å². The molecule has 130 valence electrons. The van der Waals surface area contributed by atoms with Crippen molar-refractivity contribution in [3.05, 3.63) is 34.3 Å². The SMILES string of the molecule is Cc1cc(C(=O)N2N=C3CCCC[C@H]3[C@@]2(O)C(F)(F)F)ccc1Cl. The van der Waals surface area contributed by atoms with E-state index in [0.29, 0.717) is 29.8 Å². The van der Waals surface area contributed by atoms with Gasteiger partial charge in [0.05, 0.1) is 5.92 Å². The number of hydrazone groups is 1. The number of rotatable bonds is 1. The first-order valence-electron chi connectivity index (χ1n) is 7.63. The van der Waals surface area contributed by atoms with Crippen LogP contribution in [0.4, 0.5) is 13.2 Å². The average molecular weight is 361 g/mol. The highest BCUT2D eigenvalue weighted by atomic mass is 35.5. The number of benzene rings is 1. The second kappa shape index (κ2) is 5.74. The summed E-state index contributed by atoms with van der Waals surface area (Å²) in [7, 11) is 0. The molecule has 1 fully saturated rings. The number of halogens is 4. The van der Waals surface area contributed by atoms with Crippen LogP contribution in [0.15, 0.2) is 23.3 Å². The minimum absolute atomic E-state index is 0.00238. The third kappa shape index (κ3) is 2.50. The molecule has 2 aliphatic rings. The molecule has 24 heavy (non-hydrogen) atoms. The fraction of sp³-hybridized carbons (Fsp3) is 0.500. The van der Waals surface area contributed by atoms with E-state index in [1.807, 2.05) is 0 Å². The van der Waals surface area contributed by atoms with Crippen LogP contribution in [-0.4, -0.2) is 33.6 Å². The van der Waals surface area contributed by atoms with Crippen molar-refractivity contribution in [3.8, 4) is 0 Å². The van der Waals surface area contributed by atoms with Crippen molar-refractivity contribution in [3.63, 3.8) is 0 Å². The molecule has 0 bridgehead atoms. The second-order valence-corrected chi connectivity index (χ2v) is 6.60. The number of amides is 1. The first kappa shape index (κ1) is 17.2. The second-order valence-electron chi connectivity index (χ2n) is 6.19. The predicted molar refractivity (Wildman–Crippen MR) is 82.8 cm³/mol. The number of fused-ring (bicyclic) bond motifs is 1. The van der Waals surface area contributed by atoms with Crippen LogP contribution in [0.2, 0.25) is 5.02 Å². The van der Waals surface area contributed by atoms with E-state index in [-0.39, 0.29) is 22.7 Å². The highest BCUT2D eigenvalue weighted by molar-refractivity contribution is 6.31. The molecule has 2 atom stereocenters. The summed E-state index contributed by atoms with van der Waals surface area (Å²) in [5.74, 6) is -2.19. The minimum Gasteiger partial charge on any atom is -0.362 e. The molecule has 1 aliphatic heterocycles. The molecule has 3 rings (SSSR count). The summed E-state index contributed by atoms with van der Waals surface area (Å²) in [4.78, 5) is 12.6. The number of alkyl halides is 3. The molecule has 0 spiro atoms. The number of carbonyl (C=O) groups excluding carboxylic acids is 1. The van der Waals surface area contributed by atoms with Crippen molar-refractivity contribution in [2.24, 2.45) is 11.0 Å². The van der Waals surface area contributed by atoms with E-state index in [2.05, 4.69) is 5.10 Å². The molecule has 1 N–H and O–H groups in total. The van der Waals surface area contributed by atoms with Gasteiger partial charge >= 0.3 is 6.18 Å². The molecule has 1 aliphatic carbocycles. The lowest BCUT2D eigenvalue weighted by atomic mass is 9.80. The summed E-state index contributed by atoms with van der Waals surface area (Å²) < 4.78 is 40.9. The van der Waals surface area contributed by atoms with Crippen LogP contribution in [0, 0.1) is 12.8 Å². The van der Waals surface area contributed by atoms with Gasteiger partial charge in [-0.3, -0.25) is 4.79 Å². The van der Waals surface area contributed by atoms with Gasteiger partial charge in [-0.25, -0.2) is 0 Å². The monoisotopic (exact) mass is 360 g/mol. The van der Waals surface area contributed by atoms with Crippen LogP contribution in [0.5, 0.6) is 0 Å². The molecular formula is C16H16ClF3N2O2. The van der Waals surface area contributed by atoms with Gasteiger partial charge in [-0.2, -0.15) is 23.3 Å². The third-order valence-corrected chi connectivity index (χ3v) is 5.05. The van der Waals surface area contributed by atoms with E-state index in [1.165, 1.54) is 18.2 Å². The number of hydrogen-bond acceptors (Lipinski definition) is 3. The van der Waals surface area contributed by atoms with E-state index in [4.69, 9.17) is 11.6 Å². The highest BCUT2D eigenvalue weighted by Gasteiger charge is 2.68. The highest BCUT2D eigenvalue weighted by Crippen LogP contribution is 2.48. The van der Waals surface area contributed by atoms with Crippen molar-refractivity contribution in [1.82, 2.24) is 5.01 Å². The van der Waals surface area contributed by atoms with Gasteiger partial charge in [0.25, 0.3) is 11.6 Å². The van der Waals surface area contributed by atoms with Crippen molar-refractivity contribution in [1.29, 1.82) is 0 Å². The van der Waals surface area contributed by atoms with Gasteiger partial charge < -0.3 is 5.11 Å². The van der Waals surface area contributed by atoms with E-state index in [0.717, 1.165) is 0 Å². The fourth-order valence-electron chi connectivity index (χ4n) is 3.32. The van der Waals surface area contributed by atoms with Gasteiger partial charge in [-0.1, -0.05) is 18.0 Å². The van der Waals surface area contributed by atoms with E-state index in [1.54, 1.807) is 6.92 Å². The summed E-state index contributed by atoms with van der Waals surface area (Å²) in [5, 5.41) is 14.9. The zero-order valence-electron chi connectivity index (χ0n) is 12.9. The van der Waals surface area contributed by atoms with Gasteiger partial charge in [0.2, 0.25) is 0 Å². The van der Waals surface area contributed by atoms with Crippen molar-refractivity contribution < 1.29 is 23.1 Å². The first-order chi connectivity index (χ1) is 11.2. The lowest BCUT2D eigenvalue weighted by Gasteiger charge is -2.38. The zero-order chi connectivity index (χ0) is 17.7. The molecular weight excluding hydrogens is 345 g/mol. The molecule has 0 radical (unpaired) electrons. The van der Waals surface area contributed by atoms with Gasteiger partial charge in [-0.05, 0) is 49.9 Å². The molecule has 1 amide bonds. The number of nitrogens with zero attached hydrogens (tertiary/aromatic N) is 2. The van der Waals surface area contributed by atoms with Crippen LogP contribution in [-0.2, 0) is 0 Å². The maximum absolute atomic E-state index is 13.6. The number of carbonyl (C=O) groups is 1. The predicted octanol–water partition coefficient (Wildman–Crippen LogP) is 3.90. The topological polar surface area (TPSA) is 52.9 Å². The zero-order valence-corrected chi connectivity index (χ0v) is 13.7. The van der Waals surface area contributed by atoms with Crippen LogP contribution in [0.25, 0.3) is 0 Å². The molecule has 4 nitrogen and oxygen atoms in total. The molecule has 0 unspecified atom stereocenters. The summed E-state index contributed by atoms with van der Waals surface area (Å²) in [6.45, 7) is 1.64. The van der Waals surface area contributed by atoms with E-state index < -0.39 is 23.7 Å². The Labute approximate surface area is 141 Å². The maximum Gasteiger partial charge on any atom is 0.439 e. The Kier molecular flexibility index (Phi) is 4.12. The molecule has 0 aromatic heterocycles. The normalized spacial score (nSPS) is 27.0. The molecule has 1 aromatic rings. The largest absolute Gasteiger partial charge is 0.439 e. The smallest absolute Gasteiger partial charge is 0.362 e. The van der Waals surface area contributed by atoms with Crippen LogP contribution in [0.3, 0.4) is 0 Å². The fourth-order valence-corrected chi connectivity index (χ4v) is 3.44. The van der Waals surface area contributed by atoms with Crippen molar-refractivity contribution in [2.75, 3.05) is 0 Å². The lowest BCUT2D eigenvalue weighted by Crippen LogP contribution is -2.61. The molecule has 8 heteroatoms. The number of hydrogen-bond donors (Lipinski definition) is 1. The van der Waals surface area contributed by atoms with Crippen LogP contribution >= 0.6 is 11.6 Å². The Morgan fingerprint density at radius 3 is 2.75 bits per heavy atom. The summed E-state index contributed by atoms with van der Waals surface area (Å²) in [6, 6.07) is 4.16. The Hall–Kier alpha value is -1.60. The van der Waals surface area contributed by atoms with Gasteiger partial charge in [-0.15, -0.1) is 0 Å². The van der Waals surface area contributed by atoms with Gasteiger partial charge in [0.15, 0.2) is 0 Å². The standard InChI is InChI=1S/C16H16ClF3N2O2/c1-9-8-10(6-7-12(9)17)14(23)22-15(24,16(18,19)20)11-4-2-3-5-13(11)21-22/h6-8,11,24H,2-5H2,1H3/t11-,15-/m1/s1. The van der Waals surface area contributed by atoms with Gasteiger partial charge in [0.1, 0.15) is 0 Å². The maximum atomic E-state index is 13.6. The summed E-state index contributed by atoms with van der Waals surface area (Å²) in [6.07, 6.45) is -3.24. The minimum atomic E-state index is -5.00. The van der Waals surface area contributed by atoms with Crippen LogP contribution < -0.4 is 0 Å². The van der Waals surface area contributed by atoms with Gasteiger partial charge in [0, 0.05) is 16.3 Å². The third-order valence-electron chi connectivity index (χ3n) is 4.63. The average Bonchev–Trinajstić information content (AvgIpc) is 2.84. The Morgan fingerprint density at radius 1 is 1.42 bits per heavy atom. The quantitative estimate of drug-likeness (QED) is 0.825. The Balaban J connectivity index is 2.05. The summed E-state index contributed by atoms with van der Waals surface area (Å²) in [5.41, 5.74) is -2.50. The Bertz CT molecular complexity index is 720. The molecule has 1 aromatic carbocycles. The molecule has 1 heterocycles.